The maximum Gasteiger partial charge on any atom is 0.322 e. The molecule has 0 spiro atoms. The Kier molecular flexibility index (Phi) is 5.40. The van der Waals surface area contributed by atoms with Gasteiger partial charge in [-0.05, 0) is 19.1 Å². The number of amides is 2. The van der Waals surface area contributed by atoms with Crippen LogP contribution in [-0.4, -0.2) is 36.7 Å². The summed E-state index contributed by atoms with van der Waals surface area (Å²) in [5.74, 6) is 1.24. The van der Waals surface area contributed by atoms with Crippen molar-refractivity contribution in [3.8, 4) is 22.1 Å². The van der Waals surface area contributed by atoms with Crippen LogP contribution < -0.4 is 14.8 Å². The first kappa shape index (κ1) is 19.3. The van der Waals surface area contributed by atoms with E-state index in [4.69, 9.17) is 14.5 Å². The Balaban J connectivity index is 1.48. The van der Waals surface area contributed by atoms with Gasteiger partial charge >= 0.3 is 6.03 Å². The molecule has 150 valence electrons. The van der Waals surface area contributed by atoms with Crippen molar-refractivity contribution < 1.29 is 14.3 Å². The number of nitrogens with one attached hydrogen (secondary N) is 1. The Morgan fingerprint density at radius 3 is 2.66 bits per heavy atom. The molecular weight excluding hydrogens is 386 g/mol. The first-order chi connectivity index (χ1) is 14.1. The van der Waals surface area contributed by atoms with Crippen LogP contribution in [-0.2, 0) is 13.0 Å². The molecule has 2 heterocycles. The smallest absolute Gasteiger partial charge is 0.322 e. The molecule has 0 aliphatic carbocycles. The molecule has 4 rings (SSSR count). The normalized spacial score (nSPS) is 13.0. The van der Waals surface area contributed by atoms with Gasteiger partial charge in [-0.15, -0.1) is 11.3 Å². The second-order valence-corrected chi connectivity index (χ2v) is 8.01. The molecule has 0 saturated heterocycles. The lowest BCUT2D eigenvalue weighted by atomic mass is 10.1. The minimum atomic E-state index is -0.149. The van der Waals surface area contributed by atoms with Gasteiger partial charge in [0.1, 0.15) is 16.5 Å². The summed E-state index contributed by atoms with van der Waals surface area (Å²) in [7, 11) is 3.17. The molecule has 2 aromatic carbocycles. The fourth-order valence-corrected chi connectivity index (χ4v) is 4.41. The minimum Gasteiger partial charge on any atom is -0.497 e. The van der Waals surface area contributed by atoms with Crippen molar-refractivity contribution in [2.24, 2.45) is 0 Å². The largest absolute Gasteiger partial charge is 0.497 e. The molecule has 0 radical (unpaired) electrons. The number of fused-ring (bicyclic) bond motifs is 1. The van der Waals surface area contributed by atoms with Crippen LogP contribution in [0.4, 0.5) is 10.5 Å². The van der Waals surface area contributed by atoms with E-state index in [1.807, 2.05) is 4.90 Å². The molecule has 1 aliphatic rings. The molecule has 6 nitrogen and oxygen atoms in total. The fraction of sp³-hybridized carbons (Fsp3) is 0.273. The third kappa shape index (κ3) is 4.05. The molecule has 0 bridgehead atoms. The van der Waals surface area contributed by atoms with Crippen LogP contribution in [0.15, 0.2) is 42.5 Å². The molecule has 0 unspecified atom stereocenters. The average molecular weight is 410 g/mol. The molecular formula is C22H23N3O3S. The highest BCUT2D eigenvalue weighted by Gasteiger charge is 2.25. The number of aromatic nitrogens is 1. The molecule has 3 aromatic rings. The molecule has 29 heavy (non-hydrogen) atoms. The summed E-state index contributed by atoms with van der Waals surface area (Å²) in [5, 5.41) is 3.96. The maximum absolute atomic E-state index is 12.8. The van der Waals surface area contributed by atoms with Crippen molar-refractivity contribution in [2.45, 2.75) is 19.9 Å². The van der Waals surface area contributed by atoms with Crippen molar-refractivity contribution in [2.75, 3.05) is 26.1 Å². The van der Waals surface area contributed by atoms with Gasteiger partial charge in [-0.1, -0.05) is 29.8 Å². The minimum absolute atomic E-state index is 0.149. The van der Waals surface area contributed by atoms with Crippen LogP contribution >= 0.6 is 11.3 Å². The third-order valence-electron chi connectivity index (χ3n) is 4.97. The Morgan fingerprint density at radius 2 is 1.93 bits per heavy atom. The van der Waals surface area contributed by atoms with Gasteiger partial charge in [0, 0.05) is 29.5 Å². The maximum atomic E-state index is 12.8. The molecule has 0 saturated carbocycles. The molecule has 7 heteroatoms. The predicted molar refractivity (Wildman–Crippen MR) is 115 cm³/mol. The SMILES string of the molecule is COc1ccc(NC(=O)N2CCc3nc(-c4ccc(C)cc4)sc3C2)c(OC)c1. The Labute approximate surface area is 174 Å². The summed E-state index contributed by atoms with van der Waals surface area (Å²) in [4.78, 5) is 20.6. The number of anilines is 1. The van der Waals surface area contributed by atoms with Gasteiger partial charge in [-0.3, -0.25) is 0 Å². The first-order valence-corrected chi connectivity index (χ1v) is 10.2. The zero-order valence-electron chi connectivity index (χ0n) is 16.7. The van der Waals surface area contributed by atoms with Crippen molar-refractivity contribution in [1.82, 2.24) is 9.88 Å². The van der Waals surface area contributed by atoms with Crippen molar-refractivity contribution >= 4 is 23.1 Å². The zero-order chi connectivity index (χ0) is 20.4. The zero-order valence-corrected chi connectivity index (χ0v) is 17.5. The van der Waals surface area contributed by atoms with Crippen LogP contribution in [0.2, 0.25) is 0 Å². The van der Waals surface area contributed by atoms with E-state index in [1.54, 1.807) is 43.8 Å². The average Bonchev–Trinajstić information content (AvgIpc) is 3.17. The van der Waals surface area contributed by atoms with Gasteiger partial charge in [-0.25, -0.2) is 9.78 Å². The quantitative estimate of drug-likeness (QED) is 0.677. The van der Waals surface area contributed by atoms with E-state index in [0.717, 1.165) is 27.6 Å². The second kappa shape index (κ2) is 8.13. The van der Waals surface area contributed by atoms with Crippen molar-refractivity contribution in [1.29, 1.82) is 0 Å². The molecule has 2 amide bonds. The van der Waals surface area contributed by atoms with Crippen LogP contribution in [0, 0.1) is 6.92 Å². The number of rotatable bonds is 4. The number of carbonyl (C=O) groups is 1. The van der Waals surface area contributed by atoms with E-state index in [1.165, 1.54) is 5.56 Å². The van der Waals surface area contributed by atoms with Crippen molar-refractivity contribution in [3.63, 3.8) is 0 Å². The standard InChI is InChI=1S/C22H23N3O3S/c1-14-4-6-15(7-5-14)21-23-18-10-11-25(13-20(18)29-21)22(26)24-17-9-8-16(27-2)12-19(17)28-3/h4-9,12H,10-11,13H2,1-3H3,(H,24,26). The fourth-order valence-electron chi connectivity index (χ4n) is 3.28. The van der Waals surface area contributed by atoms with Crippen LogP contribution in [0.5, 0.6) is 11.5 Å². The Hall–Kier alpha value is -3.06. The highest BCUT2D eigenvalue weighted by molar-refractivity contribution is 7.15. The monoisotopic (exact) mass is 409 g/mol. The van der Waals surface area contributed by atoms with E-state index in [9.17, 15) is 4.79 Å². The Morgan fingerprint density at radius 1 is 1.14 bits per heavy atom. The highest BCUT2D eigenvalue weighted by atomic mass is 32.1. The number of benzene rings is 2. The molecule has 0 fully saturated rings. The number of methoxy groups -OCH3 is 2. The number of hydrogen-bond donors (Lipinski definition) is 1. The van der Waals surface area contributed by atoms with Gasteiger partial charge in [0.25, 0.3) is 0 Å². The summed E-state index contributed by atoms with van der Waals surface area (Å²) in [6, 6.07) is 13.6. The number of nitrogens with zero attached hydrogens (tertiary/aromatic N) is 2. The van der Waals surface area contributed by atoms with Crippen molar-refractivity contribution in [3.05, 3.63) is 58.6 Å². The number of ether oxygens (including phenoxy) is 2. The molecule has 1 aromatic heterocycles. The Bertz CT molecular complexity index is 1030. The van der Waals surface area contributed by atoms with E-state index in [-0.39, 0.29) is 6.03 Å². The van der Waals surface area contributed by atoms with Gasteiger partial charge in [0.15, 0.2) is 0 Å². The van der Waals surface area contributed by atoms with E-state index in [0.29, 0.717) is 30.3 Å². The van der Waals surface area contributed by atoms with Crippen LogP contribution in [0.3, 0.4) is 0 Å². The van der Waals surface area contributed by atoms with E-state index >= 15 is 0 Å². The number of hydrogen-bond acceptors (Lipinski definition) is 5. The molecule has 1 N–H and O–H groups in total. The summed E-state index contributed by atoms with van der Waals surface area (Å²) >= 11 is 1.66. The number of carbonyl (C=O) groups excluding carboxylic acids is 1. The third-order valence-corrected chi connectivity index (χ3v) is 6.10. The van der Waals surface area contributed by atoms with Gasteiger partial charge in [0.05, 0.1) is 32.1 Å². The summed E-state index contributed by atoms with van der Waals surface area (Å²) in [6.45, 7) is 3.27. The topological polar surface area (TPSA) is 63.7 Å². The number of aryl methyl sites for hydroxylation is 1. The second-order valence-electron chi connectivity index (χ2n) is 6.92. The summed E-state index contributed by atoms with van der Waals surface area (Å²) in [6.07, 6.45) is 0.755. The van der Waals surface area contributed by atoms with Crippen LogP contribution in [0.25, 0.3) is 10.6 Å². The highest BCUT2D eigenvalue weighted by Crippen LogP contribution is 2.33. The van der Waals surface area contributed by atoms with Gasteiger partial charge < -0.3 is 19.7 Å². The van der Waals surface area contributed by atoms with E-state index in [2.05, 4.69) is 36.5 Å². The summed E-state index contributed by atoms with van der Waals surface area (Å²) < 4.78 is 10.6. The predicted octanol–water partition coefficient (Wildman–Crippen LogP) is 4.73. The molecule has 1 aliphatic heterocycles. The first-order valence-electron chi connectivity index (χ1n) is 9.41. The number of thiazole rings is 1. The lowest BCUT2D eigenvalue weighted by Crippen LogP contribution is -2.38. The van der Waals surface area contributed by atoms with Gasteiger partial charge in [-0.2, -0.15) is 0 Å². The lowest BCUT2D eigenvalue weighted by molar-refractivity contribution is 0.206. The van der Waals surface area contributed by atoms with E-state index < -0.39 is 0 Å². The lowest BCUT2D eigenvalue weighted by Gasteiger charge is -2.26. The summed E-state index contributed by atoms with van der Waals surface area (Å²) in [5.41, 5.74) is 4.06. The van der Waals surface area contributed by atoms with Gasteiger partial charge in [0.2, 0.25) is 0 Å². The number of urea groups is 1. The molecule has 0 atom stereocenters. The van der Waals surface area contributed by atoms with Crippen LogP contribution in [0.1, 0.15) is 16.1 Å².